The van der Waals surface area contributed by atoms with Gasteiger partial charge in [0.1, 0.15) is 0 Å². The zero-order valence-corrected chi connectivity index (χ0v) is 24.4. The predicted molar refractivity (Wildman–Crippen MR) is 149 cm³/mol. The molecular formula is C33H57NO. The van der Waals surface area contributed by atoms with Crippen molar-refractivity contribution in [2.45, 2.75) is 119 Å². The van der Waals surface area contributed by atoms with Gasteiger partial charge in [-0.1, -0.05) is 60.5 Å². The zero-order chi connectivity index (χ0) is 25.5. The molecule has 4 aliphatic rings. The minimum atomic E-state index is 0.128. The standard InChI is InChI=1S/C33H57NO/c1-22(2)10-9-11-24(5)28-14-15-29-27-13-12-26-20-25(21-34(8)31(35)23(3)4)16-18-32(26,6)30(27)17-19-33(28,29)7/h22,24-30H,3,9-21H2,1-2,4-8H3/t24-,25+,26+,27+,28?,29+,30+,32+,33-/m1/s1. The molecule has 200 valence electrons. The van der Waals surface area contributed by atoms with E-state index < -0.39 is 0 Å². The Morgan fingerprint density at radius 3 is 2.31 bits per heavy atom. The van der Waals surface area contributed by atoms with Gasteiger partial charge in [0.15, 0.2) is 0 Å². The highest BCUT2D eigenvalue weighted by Crippen LogP contribution is 2.68. The number of hydrogen-bond donors (Lipinski definition) is 0. The highest BCUT2D eigenvalue weighted by molar-refractivity contribution is 5.91. The molecule has 4 saturated carbocycles. The second-order valence-electron chi connectivity index (χ2n) is 14.8. The van der Waals surface area contributed by atoms with Gasteiger partial charge in [-0.25, -0.2) is 0 Å². The van der Waals surface area contributed by atoms with Gasteiger partial charge in [-0.05, 0) is 123 Å². The lowest BCUT2D eigenvalue weighted by molar-refractivity contribution is -0.130. The molecule has 0 bridgehead atoms. The first-order chi connectivity index (χ1) is 16.5. The van der Waals surface area contributed by atoms with E-state index in [0.717, 1.165) is 48.0 Å². The summed E-state index contributed by atoms with van der Waals surface area (Å²) in [4.78, 5) is 14.3. The fraction of sp³-hybridized carbons (Fsp3) is 0.909. The van der Waals surface area contributed by atoms with Crippen molar-refractivity contribution in [3.63, 3.8) is 0 Å². The molecule has 9 atom stereocenters. The molecule has 0 aromatic heterocycles. The van der Waals surface area contributed by atoms with Crippen LogP contribution < -0.4 is 0 Å². The van der Waals surface area contributed by atoms with Gasteiger partial charge in [0.05, 0.1) is 0 Å². The Balaban J connectivity index is 1.39. The van der Waals surface area contributed by atoms with Crippen LogP contribution in [0.15, 0.2) is 12.2 Å². The maximum Gasteiger partial charge on any atom is 0.248 e. The van der Waals surface area contributed by atoms with Gasteiger partial charge in [-0.15, -0.1) is 0 Å². The van der Waals surface area contributed by atoms with Crippen LogP contribution in [0.1, 0.15) is 119 Å². The van der Waals surface area contributed by atoms with Gasteiger partial charge < -0.3 is 4.90 Å². The monoisotopic (exact) mass is 483 g/mol. The fourth-order valence-corrected chi connectivity index (χ4v) is 10.3. The van der Waals surface area contributed by atoms with Crippen LogP contribution in [0.5, 0.6) is 0 Å². The molecule has 0 heterocycles. The molecule has 4 rings (SSSR count). The lowest BCUT2D eigenvalue weighted by atomic mass is 9.44. The van der Waals surface area contributed by atoms with Gasteiger partial charge in [-0.2, -0.15) is 0 Å². The summed E-state index contributed by atoms with van der Waals surface area (Å²) in [5, 5.41) is 0. The van der Waals surface area contributed by atoms with E-state index in [2.05, 4.69) is 41.2 Å². The maximum absolute atomic E-state index is 12.4. The van der Waals surface area contributed by atoms with E-state index in [9.17, 15) is 4.79 Å². The second kappa shape index (κ2) is 10.5. The van der Waals surface area contributed by atoms with Crippen molar-refractivity contribution < 1.29 is 4.79 Å². The normalized spacial score (nSPS) is 41.6. The molecule has 0 spiro atoms. The van der Waals surface area contributed by atoms with E-state index in [-0.39, 0.29) is 5.91 Å². The van der Waals surface area contributed by atoms with Crippen molar-refractivity contribution in [2.24, 2.45) is 58.2 Å². The number of nitrogens with zero attached hydrogens (tertiary/aromatic N) is 1. The topological polar surface area (TPSA) is 20.3 Å². The smallest absolute Gasteiger partial charge is 0.248 e. The van der Waals surface area contributed by atoms with E-state index in [1.54, 1.807) is 0 Å². The minimum Gasteiger partial charge on any atom is -0.342 e. The molecule has 4 fully saturated rings. The van der Waals surface area contributed by atoms with E-state index in [0.29, 0.717) is 22.3 Å². The molecule has 2 nitrogen and oxygen atoms in total. The Bertz CT molecular complexity index is 771. The fourth-order valence-electron chi connectivity index (χ4n) is 10.3. The molecular weight excluding hydrogens is 426 g/mol. The average Bonchev–Trinajstić information content (AvgIpc) is 3.15. The molecule has 1 amide bonds. The Morgan fingerprint density at radius 1 is 0.943 bits per heavy atom. The highest BCUT2D eigenvalue weighted by atomic mass is 16.2. The summed E-state index contributed by atoms with van der Waals surface area (Å²) in [6, 6.07) is 0. The number of carbonyl (C=O) groups excluding carboxylic acids is 1. The molecule has 4 aliphatic carbocycles. The first kappa shape index (κ1) is 27.3. The molecule has 2 heteroatoms. The average molecular weight is 484 g/mol. The number of rotatable bonds is 8. The van der Waals surface area contributed by atoms with Crippen LogP contribution in [-0.4, -0.2) is 24.4 Å². The molecule has 35 heavy (non-hydrogen) atoms. The van der Waals surface area contributed by atoms with Crippen LogP contribution in [0, 0.1) is 58.2 Å². The molecule has 0 aliphatic heterocycles. The van der Waals surface area contributed by atoms with Crippen molar-refractivity contribution in [3.05, 3.63) is 12.2 Å². The first-order valence-corrected chi connectivity index (χ1v) is 15.4. The summed E-state index contributed by atoms with van der Waals surface area (Å²) in [7, 11) is 1.98. The molecule has 0 aromatic carbocycles. The predicted octanol–water partition coefficient (Wildman–Crippen LogP) is 8.76. The van der Waals surface area contributed by atoms with Crippen molar-refractivity contribution in [1.29, 1.82) is 0 Å². The number of fused-ring (bicyclic) bond motifs is 5. The van der Waals surface area contributed by atoms with E-state index in [1.807, 2.05) is 18.9 Å². The van der Waals surface area contributed by atoms with Crippen molar-refractivity contribution in [3.8, 4) is 0 Å². The summed E-state index contributed by atoms with van der Waals surface area (Å²) in [6.07, 6.45) is 17.2. The van der Waals surface area contributed by atoms with Gasteiger partial charge in [0, 0.05) is 19.2 Å². The summed E-state index contributed by atoms with van der Waals surface area (Å²) in [5.41, 5.74) is 1.81. The molecule has 1 unspecified atom stereocenters. The van der Waals surface area contributed by atoms with Crippen LogP contribution in [0.4, 0.5) is 0 Å². The second-order valence-corrected chi connectivity index (χ2v) is 14.8. The Morgan fingerprint density at radius 2 is 1.63 bits per heavy atom. The highest BCUT2D eigenvalue weighted by Gasteiger charge is 2.60. The van der Waals surface area contributed by atoms with Crippen LogP contribution in [-0.2, 0) is 4.79 Å². The molecule has 0 radical (unpaired) electrons. The minimum absolute atomic E-state index is 0.128. The molecule has 0 N–H and O–H groups in total. The van der Waals surface area contributed by atoms with Gasteiger partial charge in [0.2, 0.25) is 5.91 Å². The molecule has 0 saturated heterocycles. The maximum atomic E-state index is 12.4. The van der Waals surface area contributed by atoms with E-state index in [4.69, 9.17) is 0 Å². The Hall–Kier alpha value is -0.790. The SMILES string of the molecule is C=C(C)C(=O)N(C)C[C@H]1CC[C@@]2(C)[C@@H](CC[C@@H]3[C@@H]2CC[C@]2(C)C([C@H](C)CCCC(C)C)CC[C@@H]32)C1. The number of amides is 1. The molecule has 0 aromatic rings. The number of carbonyl (C=O) groups is 1. The summed E-state index contributed by atoms with van der Waals surface area (Å²) in [5.74, 6) is 7.29. The van der Waals surface area contributed by atoms with Crippen molar-refractivity contribution >= 4 is 5.91 Å². The summed E-state index contributed by atoms with van der Waals surface area (Å²) >= 11 is 0. The summed E-state index contributed by atoms with van der Waals surface area (Å²) in [6.45, 7) is 19.4. The van der Waals surface area contributed by atoms with Gasteiger partial charge in [-0.3, -0.25) is 4.79 Å². The first-order valence-electron chi connectivity index (χ1n) is 15.4. The quantitative estimate of drug-likeness (QED) is 0.316. The third kappa shape index (κ3) is 5.16. The summed E-state index contributed by atoms with van der Waals surface area (Å²) < 4.78 is 0. The van der Waals surface area contributed by atoms with Crippen molar-refractivity contribution in [1.82, 2.24) is 4.90 Å². The van der Waals surface area contributed by atoms with E-state index in [1.165, 1.54) is 77.0 Å². The Kier molecular flexibility index (Phi) is 8.20. The number of hydrogen-bond acceptors (Lipinski definition) is 1. The lowest BCUT2D eigenvalue weighted by Gasteiger charge is -2.61. The van der Waals surface area contributed by atoms with Crippen LogP contribution in [0.25, 0.3) is 0 Å². The van der Waals surface area contributed by atoms with Gasteiger partial charge in [0.25, 0.3) is 0 Å². The van der Waals surface area contributed by atoms with Crippen LogP contribution >= 0.6 is 0 Å². The van der Waals surface area contributed by atoms with E-state index >= 15 is 0 Å². The van der Waals surface area contributed by atoms with Crippen LogP contribution in [0.3, 0.4) is 0 Å². The Labute approximate surface area is 218 Å². The third-order valence-electron chi connectivity index (χ3n) is 12.2. The number of likely N-dealkylation sites (N-methyl/N-ethyl adjacent to an activating group) is 1. The zero-order valence-electron chi connectivity index (χ0n) is 24.4. The third-order valence-corrected chi connectivity index (χ3v) is 12.2. The largest absolute Gasteiger partial charge is 0.342 e. The van der Waals surface area contributed by atoms with Crippen molar-refractivity contribution in [2.75, 3.05) is 13.6 Å². The van der Waals surface area contributed by atoms with Crippen LogP contribution in [0.2, 0.25) is 0 Å². The van der Waals surface area contributed by atoms with Gasteiger partial charge >= 0.3 is 0 Å². The lowest BCUT2D eigenvalue weighted by Crippen LogP contribution is -2.54.